The largest absolute Gasteiger partial charge is 0.371 e. The summed E-state index contributed by atoms with van der Waals surface area (Å²) in [5.74, 6) is 0.324. The number of carbonyl (C=O) groups is 1. The molecule has 3 heterocycles. The minimum absolute atomic E-state index is 0.0775. The molecule has 25 heavy (non-hydrogen) atoms. The van der Waals surface area contributed by atoms with Crippen LogP contribution in [0, 0.1) is 11.7 Å². The predicted molar refractivity (Wildman–Crippen MR) is 90.4 cm³/mol. The lowest BCUT2D eigenvalue weighted by atomic mass is 9.88. The van der Waals surface area contributed by atoms with Gasteiger partial charge >= 0.3 is 0 Å². The molecular weight excluding hydrogens is 323 g/mol. The maximum absolute atomic E-state index is 12.9. The third-order valence-corrected chi connectivity index (χ3v) is 5.37. The van der Waals surface area contributed by atoms with E-state index in [1.165, 1.54) is 0 Å². The van der Waals surface area contributed by atoms with Crippen molar-refractivity contribution in [2.24, 2.45) is 5.92 Å². The van der Waals surface area contributed by atoms with E-state index in [4.69, 9.17) is 4.74 Å². The Hall–Kier alpha value is -2.02. The van der Waals surface area contributed by atoms with Gasteiger partial charge in [0.2, 0.25) is 11.9 Å². The Morgan fingerprint density at radius 1 is 1.32 bits per heavy atom. The van der Waals surface area contributed by atoms with Gasteiger partial charge in [0.05, 0.1) is 30.6 Å². The van der Waals surface area contributed by atoms with Crippen LogP contribution in [0.3, 0.4) is 0 Å². The van der Waals surface area contributed by atoms with Crippen LogP contribution < -0.4 is 5.32 Å². The van der Waals surface area contributed by atoms with Gasteiger partial charge in [0.25, 0.3) is 0 Å². The summed E-state index contributed by atoms with van der Waals surface area (Å²) in [5, 5.41) is 3.21. The first-order valence-electron chi connectivity index (χ1n) is 8.95. The topological polar surface area (TPSA) is 67.4 Å². The normalized spacial score (nSPS) is 29.5. The highest BCUT2D eigenvalue weighted by atomic mass is 19.1. The third-order valence-electron chi connectivity index (χ3n) is 5.37. The Labute approximate surface area is 146 Å². The molecule has 4 rings (SSSR count). The number of aromatic nitrogens is 2. The average molecular weight is 346 g/mol. The van der Waals surface area contributed by atoms with E-state index in [2.05, 4.69) is 27.4 Å². The molecule has 0 unspecified atom stereocenters. The van der Waals surface area contributed by atoms with Crippen LogP contribution in [0.5, 0.6) is 0 Å². The zero-order chi connectivity index (χ0) is 17.3. The summed E-state index contributed by atoms with van der Waals surface area (Å²) in [6.07, 6.45) is 10.9. The Morgan fingerprint density at radius 2 is 2.08 bits per heavy atom. The number of ether oxygens (including phenoxy) is 1. The van der Waals surface area contributed by atoms with E-state index in [9.17, 15) is 9.18 Å². The van der Waals surface area contributed by atoms with Gasteiger partial charge in [-0.15, -0.1) is 0 Å². The van der Waals surface area contributed by atoms with Crippen LogP contribution in [-0.2, 0) is 9.53 Å². The smallest absolute Gasteiger partial charge is 0.226 e. The molecule has 6 nitrogen and oxygen atoms in total. The van der Waals surface area contributed by atoms with Gasteiger partial charge in [0.15, 0.2) is 5.82 Å². The van der Waals surface area contributed by atoms with Gasteiger partial charge in [0.1, 0.15) is 0 Å². The van der Waals surface area contributed by atoms with Crippen molar-refractivity contribution in [3.05, 3.63) is 30.4 Å². The number of halogens is 1. The highest BCUT2D eigenvalue weighted by molar-refractivity contribution is 5.80. The second-order valence-corrected chi connectivity index (χ2v) is 7.27. The Kier molecular flexibility index (Phi) is 4.41. The van der Waals surface area contributed by atoms with Crippen LogP contribution in [-0.4, -0.2) is 52.1 Å². The summed E-state index contributed by atoms with van der Waals surface area (Å²) < 4.78 is 19.0. The Morgan fingerprint density at radius 3 is 2.84 bits per heavy atom. The number of rotatable bonds is 3. The lowest BCUT2D eigenvalue weighted by Crippen LogP contribution is -2.51. The van der Waals surface area contributed by atoms with Gasteiger partial charge in [-0.3, -0.25) is 4.79 Å². The van der Waals surface area contributed by atoms with Crippen molar-refractivity contribution in [2.75, 3.05) is 25.0 Å². The van der Waals surface area contributed by atoms with Crippen LogP contribution in [0.25, 0.3) is 0 Å². The molecular formula is C18H23FN4O2. The zero-order valence-electron chi connectivity index (χ0n) is 14.2. The molecule has 1 N–H and O–H groups in total. The third kappa shape index (κ3) is 3.51. The number of carbonyl (C=O) groups excluding carboxylic acids is 1. The molecule has 0 saturated carbocycles. The van der Waals surface area contributed by atoms with Crippen molar-refractivity contribution in [1.29, 1.82) is 0 Å². The number of piperidine rings is 1. The summed E-state index contributed by atoms with van der Waals surface area (Å²) in [5.41, 5.74) is -0.280. The van der Waals surface area contributed by atoms with Crippen LogP contribution >= 0.6 is 0 Å². The van der Waals surface area contributed by atoms with E-state index in [-0.39, 0.29) is 23.5 Å². The monoisotopic (exact) mass is 346 g/mol. The van der Waals surface area contributed by atoms with Gasteiger partial charge in [-0.25, -0.2) is 14.4 Å². The molecule has 0 radical (unpaired) electrons. The van der Waals surface area contributed by atoms with Crippen molar-refractivity contribution in [2.45, 2.75) is 43.7 Å². The lowest BCUT2D eigenvalue weighted by Gasteiger charge is -2.40. The first kappa shape index (κ1) is 16.4. The van der Waals surface area contributed by atoms with Gasteiger partial charge in [-0.2, -0.15) is 0 Å². The minimum atomic E-state index is -0.451. The van der Waals surface area contributed by atoms with E-state index in [1.54, 1.807) is 0 Å². The highest BCUT2D eigenvalue weighted by Gasteiger charge is 2.45. The molecule has 1 aromatic rings. The maximum Gasteiger partial charge on any atom is 0.226 e. The summed E-state index contributed by atoms with van der Waals surface area (Å²) in [6, 6.07) is 0.0775. The molecule has 1 aromatic heterocycles. The van der Waals surface area contributed by atoms with E-state index in [0.29, 0.717) is 19.1 Å². The second kappa shape index (κ2) is 6.71. The fourth-order valence-corrected chi connectivity index (χ4v) is 4.15. The minimum Gasteiger partial charge on any atom is -0.371 e. The Bertz CT molecular complexity index is 658. The second-order valence-electron chi connectivity index (χ2n) is 7.27. The van der Waals surface area contributed by atoms with Crippen molar-refractivity contribution in [3.8, 4) is 0 Å². The molecule has 1 amide bonds. The highest BCUT2D eigenvalue weighted by Crippen LogP contribution is 2.36. The van der Waals surface area contributed by atoms with E-state index < -0.39 is 5.82 Å². The zero-order valence-corrected chi connectivity index (χ0v) is 14.2. The first-order chi connectivity index (χ1) is 12.1. The molecule has 7 heteroatoms. The Balaban J connectivity index is 1.37. The van der Waals surface area contributed by atoms with Crippen LogP contribution in [0.1, 0.15) is 32.1 Å². The molecule has 2 aliphatic heterocycles. The molecule has 1 aliphatic carbocycles. The fourth-order valence-electron chi connectivity index (χ4n) is 4.15. The molecule has 0 aromatic carbocycles. The predicted octanol–water partition coefficient (Wildman–Crippen LogP) is 2.14. The number of likely N-dealkylation sites (tertiary alicyclic amines) is 1. The summed E-state index contributed by atoms with van der Waals surface area (Å²) in [7, 11) is 0. The average Bonchev–Trinajstić information content (AvgIpc) is 3.27. The first-order valence-corrected chi connectivity index (χ1v) is 8.95. The lowest BCUT2D eigenvalue weighted by molar-refractivity contribution is -0.143. The maximum atomic E-state index is 12.9. The number of hydrogen-bond donors (Lipinski definition) is 1. The van der Waals surface area contributed by atoms with Crippen LogP contribution in [0.15, 0.2) is 24.5 Å². The summed E-state index contributed by atoms with van der Waals surface area (Å²) in [6.45, 7) is 2.03. The van der Waals surface area contributed by atoms with Crippen LogP contribution in [0.2, 0.25) is 0 Å². The van der Waals surface area contributed by atoms with E-state index in [0.717, 1.165) is 51.0 Å². The summed E-state index contributed by atoms with van der Waals surface area (Å²) in [4.78, 5) is 22.6. The summed E-state index contributed by atoms with van der Waals surface area (Å²) >= 11 is 0. The number of nitrogens with zero attached hydrogens (tertiary/aromatic N) is 3. The molecule has 2 atom stereocenters. The van der Waals surface area contributed by atoms with Crippen molar-refractivity contribution in [3.63, 3.8) is 0 Å². The number of anilines is 1. The quantitative estimate of drug-likeness (QED) is 0.850. The van der Waals surface area contributed by atoms with Crippen LogP contribution in [0.4, 0.5) is 10.3 Å². The SMILES string of the molecule is O=C(C1CC=CC1)N1CCC[C@@]2(C[C@H](Nc3ncc(F)cn3)CO2)C1. The van der Waals surface area contributed by atoms with Crippen molar-refractivity contribution in [1.82, 2.24) is 14.9 Å². The van der Waals surface area contributed by atoms with Crippen molar-refractivity contribution < 1.29 is 13.9 Å². The number of nitrogens with one attached hydrogen (secondary N) is 1. The number of allylic oxidation sites excluding steroid dienone is 2. The van der Waals surface area contributed by atoms with Gasteiger partial charge in [0, 0.05) is 25.4 Å². The van der Waals surface area contributed by atoms with Crippen molar-refractivity contribution >= 4 is 11.9 Å². The molecule has 1 spiro atoms. The van der Waals surface area contributed by atoms with E-state index >= 15 is 0 Å². The molecule has 3 aliphatic rings. The van der Waals surface area contributed by atoms with Gasteiger partial charge in [-0.1, -0.05) is 12.2 Å². The number of hydrogen-bond acceptors (Lipinski definition) is 5. The van der Waals surface area contributed by atoms with Gasteiger partial charge < -0.3 is 15.0 Å². The fraction of sp³-hybridized carbons (Fsp3) is 0.611. The standard InChI is InChI=1S/C18H23FN4O2/c19-14-9-20-17(21-10-14)22-15-8-18(25-11-15)6-3-7-23(12-18)16(24)13-4-1-2-5-13/h1-2,9-10,13,15H,3-8,11-12H2,(H,20,21,22)/t15-,18+/m0/s1. The van der Waals surface area contributed by atoms with Gasteiger partial charge in [-0.05, 0) is 25.7 Å². The van der Waals surface area contributed by atoms with E-state index in [1.807, 2.05) is 4.90 Å². The molecule has 0 bridgehead atoms. The molecule has 134 valence electrons. The molecule has 2 fully saturated rings. The molecule has 2 saturated heterocycles. The number of amides is 1.